The van der Waals surface area contributed by atoms with E-state index in [1.807, 2.05) is 18.5 Å². The number of nitrogens with zero attached hydrogens (tertiary/aromatic N) is 2. The lowest BCUT2D eigenvalue weighted by Crippen LogP contribution is -2.25. The summed E-state index contributed by atoms with van der Waals surface area (Å²) >= 11 is 0. The number of hydrogen-bond acceptors (Lipinski definition) is 4. The van der Waals surface area contributed by atoms with Gasteiger partial charge in [0.25, 0.3) is 5.91 Å². The number of hydrogen-bond donors (Lipinski definition) is 2. The zero-order valence-electron chi connectivity index (χ0n) is 15.0. The molecular formula is C21H20N4O2. The van der Waals surface area contributed by atoms with Gasteiger partial charge in [-0.05, 0) is 43.0 Å². The molecule has 0 atom stereocenters. The van der Waals surface area contributed by atoms with E-state index in [0.717, 1.165) is 35.0 Å². The molecule has 27 heavy (non-hydrogen) atoms. The van der Waals surface area contributed by atoms with Crippen LogP contribution in [0.3, 0.4) is 0 Å². The van der Waals surface area contributed by atoms with Crippen LogP contribution in [-0.2, 0) is 6.42 Å². The first-order chi connectivity index (χ1) is 13.2. The molecule has 2 N–H and O–H groups in total. The van der Waals surface area contributed by atoms with Crippen molar-refractivity contribution in [2.75, 3.05) is 6.54 Å². The standard InChI is InChI=1S/C21H20N4O2/c1-14-11-19(25-27-14)21(26)23-9-2-3-15-4-6-16(7-5-15)18-12-17-8-10-22-20(17)24-13-18/h4-8,10-13H,2-3,9H2,1H3,(H,22,24)(H,23,26). The van der Waals surface area contributed by atoms with E-state index in [1.165, 1.54) is 5.56 Å². The lowest BCUT2D eigenvalue weighted by molar-refractivity contribution is 0.0944. The molecule has 3 aromatic heterocycles. The predicted octanol–water partition coefficient (Wildman–Crippen LogP) is 3.89. The van der Waals surface area contributed by atoms with E-state index >= 15 is 0 Å². The Morgan fingerprint density at radius 3 is 2.78 bits per heavy atom. The maximum atomic E-state index is 11.9. The van der Waals surface area contributed by atoms with Crippen LogP contribution in [0.25, 0.3) is 22.2 Å². The van der Waals surface area contributed by atoms with Gasteiger partial charge >= 0.3 is 0 Å². The molecule has 0 spiro atoms. The Labute approximate surface area is 156 Å². The van der Waals surface area contributed by atoms with Crippen LogP contribution in [0.4, 0.5) is 0 Å². The Morgan fingerprint density at radius 2 is 2.00 bits per heavy atom. The molecule has 0 aliphatic carbocycles. The number of H-pyrrole nitrogens is 1. The molecule has 6 heteroatoms. The van der Waals surface area contributed by atoms with E-state index in [1.54, 1.807) is 13.0 Å². The smallest absolute Gasteiger partial charge is 0.273 e. The Bertz CT molecular complexity index is 1060. The molecule has 0 unspecified atom stereocenters. The molecule has 3 heterocycles. The normalized spacial score (nSPS) is 11.0. The van der Waals surface area contributed by atoms with Gasteiger partial charge in [-0.25, -0.2) is 4.98 Å². The van der Waals surface area contributed by atoms with E-state index in [2.05, 4.69) is 50.8 Å². The van der Waals surface area contributed by atoms with Crippen LogP contribution in [0.5, 0.6) is 0 Å². The van der Waals surface area contributed by atoms with Crippen LogP contribution in [0.2, 0.25) is 0 Å². The Balaban J connectivity index is 1.30. The monoisotopic (exact) mass is 360 g/mol. The van der Waals surface area contributed by atoms with Crippen molar-refractivity contribution in [3.05, 3.63) is 71.9 Å². The van der Waals surface area contributed by atoms with Gasteiger partial charge in [-0.15, -0.1) is 0 Å². The second-order valence-electron chi connectivity index (χ2n) is 6.52. The fourth-order valence-electron chi connectivity index (χ4n) is 3.02. The summed E-state index contributed by atoms with van der Waals surface area (Å²) in [6, 6.07) is 14.3. The van der Waals surface area contributed by atoms with E-state index in [9.17, 15) is 4.79 Å². The molecule has 136 valence electrons. The molecule has 1 aromatic carbocycles. The third-order valence-corrected chi connectivity index (χ3v) is 4.48. The highest BCUT2D eigenvalue weighted by Crippen LogP contribution is 2.22. The van der Waals surface area contributed by atoms with Crippen molar-refractivity contribution >= 4 is 16.9 Å². The summed E-state index contributed by atoms with van der Waals surface area (Å²) < 4.78 is 4.91. The molecule has 4 rings (SSSR count). The van der Waals surface area contributed by atoms with Crippen molar-refractivity contribution < 1.29 is 9.32 Å². The number of aryl methyl sites for hydroxylation is 2. The van der Waals surface area contributed by atoms with Gasteiger partial charge in [-0.1, -0.05) is 29.4 Å². The average molecular weight is 360 g/mol. The first kappa shape index (κ1) is 17.0. The first-order valence-corrected chi connectivity index (χ1v) is 8.93. The van der Waals surface area contributed by atoms with Gasteiger partial charge < -0.3 is 14.8 Å². The van der Waals surface area contributed by atoms with E-state index in [-0.39, 0.29) is 5.91 Å². The lowest BCUT2D eigenvalue weighted by atomic mass is 10.0. The number of amides is 1. The predicted molar refractivity (Wildman–Crippen MR) is 103 cm³/mol. The second kappa shape index (κ2) is 7.45. The molecule has 0 bridgehead atoms. The highest BCUT2D eigenvalue weighted by molar-refractivity contribution is 5.92. The molecule has 0 aliphatic heterocycles. The van der Waals surface area contributed by atoms with Crippen molar-refractivity contribution in [1.82, 2.24) is 20.4 Å². The molecule has 0 aliphatic rings. The van der Waals surface area contributed by atoms with Crippen molar-refractivity contribution in [2.45, 2.75) is 19.8 Å². The third kappa shape index (κ3) is 3.89. The summed E-state index contributed by atoms with van der Waals surface area (Å²) in [6.07, 6.45) is 5.54. The van der Waals surface area contributed by atoms with Crippen LogP contribution < -0.4 is 5.32 Å². The fourth-order valence-corrected chi connectivity index (χ4v) is 3.02. The van der Waals surface area contributed by atoms with Crippen LogP contribution in [0, 0.1) is 6.92 Å². The van der Waals surface area contributed by atoms with Crippen LogP contribution in [0.1, 0.15) is 28.2 Å². The SMILES string of the molecule is Cc1cc(C(=O)NCCCc2ccc(-c3cnc4[nH]ccc4c3)cc2)no1. The average Bonchev–Trinajstić information content (AvgIpc) is 3.33. The Kier molecular flexibility index (Phi) is 4.70. The van der Waals surface area contributed by atoms with Gasteiger partial charge in [0.05, 0.1) is 0 Å². The van der Waals surface area contributed by atoms with Gasteiger partial charge in [0.2, 0.25) is 0 Å². The fraction of sp³-hybridized carbons (Fsp3) is 0.190. The zero-order valence-corrected chi connectivity index (χ0v) is 15.0. The number of nitrogens with one attached hydrogen (secondary N) is 2. The van der Waals surface area contributed by atoms with Crippen molar-refractivity contribution in [1.29, 1.82) is 0 Å². The summed E-state index contributed by atoms with van der Waals surface area (Å²) in [5, 5.41) is 7.68. The molecular weight excluding hydrogens is 340 g/mol. The van der Waals surface area contributed by atoms with E-state index < -0.39 is 0 Å². The number of fused-ring (bicyclic) bond motifs is 1. The lowest BCUT2D eigenvalue weighted by Gasteiger charge is -2.06. The molecule has 1 amide bonds. The zero-order chi connectivity index (χ0) is 18.6. The maximum Gasteiger partial charge on any atom is 0.273 e. The Morgan fingerprint density at radius 1 is 1.15 bits per heavy atom. The van der Waals surface area contributed by atoms with Gasteiger partial charge in [-0.3, -0.25) is 4.79 Å². The van der Waals surface area contributed by atoms with Crippen LogP contribution in [-0.4, -0.2) is 27.6 Å². The highest BCUT2D eigenvalue weighted by atomic mass is 16.5. The third-order valence-electron chi connectivity index (χ3n) is 4.48. The maximum absolute atomic E-state index is 11.9. The summed E-state index contributed by atoms with van der Waals surface area (Å²) in [7, 11) is 0. The number of rotatable bonds is 6. The van der Waals surface area contributed by atoms with Gasteiger partial charge in [0.1, 0.15) is 11.4 Å². The molecule has 0 saturated carbocycles. The summed E-state index contributed by atoms with van der Waals surface area (Å²) in [5.74, 6) is 0.431. The van der Waals surface area contributed by atoms with E-state index in [0.29, 0.717) is 18.0 Å². The molecule has 0 saturated heterocycles. The minimum atomic E-state index is -0.199. The van der Waals surface area contributed by atoms with Crippen LogP contribution >= 0.6 is 0 Å². The van der Waals surface area contributed by atoms with Gasteiger partial charge in [0.15, 0.2) is 5.69 Å². The second-order valence-corrected chi connectivity index (χ2v) is 6.52. The van der Waals surface area contributed by atoms with Crippen LogP contribution in [0.15, 0.2) is 59.4 Å². The molecule has 6 nitrogen and oxygen atoms in total. The van der Waals surface area contributed by atoms with Gasteiger partial charge in [-0.2, -0.15) is 0 Å². The Hall–Kier alpha value is -3.41. The van der Waals surface area contributed by atoms with Crippen molar-refractivity contribution in [3.8, 4) is 11.1 Å². The molecule has 0 fully saturated rings. The number of carbonyl (C=O) groups excluding carboxylic acids is 1. The highest BCUT2D eigenvalue weighted by Gasteiger charge is 2.09. The largest absolute Gasteiger partial charge is 0.361 e. The summed E-state index contributed by atoms with van der Waals surface area (Å²) in [5.41, 5.74) is 4.71. The first-order valence-electron chi connectivity index (χ1n) is 8.93. The van der Waals surface area contributed by atoms with Crippen molar-refractivity contribution in [3.63, 3.8) is 0 Å². The summed E-state index contributed by atoms with van der Waals surface area (Å²) in [6.45, 7) is 2.36. The number of benzene rings is 1. The summed E-state index contributed by atoms with van der Waals surface area (Å²) in [4.78, 5) is 19.4. The van der Waals surface area contributed by atoms with Gasteiger partial charge in [0, 0.05) is 36.0 Å². The van der Waals surface area contributed by atoms with Crippen molar-refractivity contribution in [2.24, 2.45) is 0 Å². The van der Waals surface area contributed by atoms with E-state index in [4.69, 9.17) is 4.52 Å². The molecule has 0 radical (unpaired) electrons. The molecule has 4 aromatic rings. The number of pyridine rings is 1. The quantitative estimate of drug-likeness (QED) is 0.511. The number of aromatic amines is 1. The minimum absolute atomic E-state index is 0.199. The number of aromatic nitrogens is 3. The minimum Gasteiger partial charge on any atom is -0.361 e. The number of carbonyl (C=O) groups is 1. The topological polar surface area (TPSA) is 83.8 Å².